The molecule has 1 fully saturated rings. The number of benzene rings is 1. The predicted molar refractivity (Wildman–Crippen MR) is 103 cm³/mol. The van der Waals surface area contributed by atoms with Crippen LogP contribution < -0.4 is 4.90 Å². The van der Waals surface area contributed by atoms with Crippen LogP contribution in [0.1, 0.15) is 17.5 Å². The highest BCUT2D eigenvalue weighted by atomic mass is 19.4. The number of ether oxygens (including phenoxy) is 2. The molecule has 10 heteroatoms. The molecule has 0 N–H and O–H groups in total. The maximum absolute atomic E-state index is 13.6. The average Bonchev–Trinajstić information content (AvgIpc) is 3.11. The first-order chi connectivity index (χ1) is 14.4. The molecule has 0 radical (unpaired) electrons. The van der Waals surface area contributed by atoms with Gasteiger partial charge in [0.1, 0.15) is 5.82 Å². The second-order valence-electron chi connectivity index (χ2n) is 7.43. The summed E-state index contributed by atoms with van der Waals surface area (Å²) >= 11 is 0. The summed E-state index contributed by atoms with van der Waals surface area (Å²) in [5.41, 5.74) is 2.62. The van der Waals surface area contributed by atoms with E-state index in [2.05, 4.69) is 9.97 Å². The zero-order valence-corrected chi connectivity index (χ0v) is 16.3. The molecule has 0 bridgehead atoms. The molecule has 0 amide bonds. The highest BCUT2D eigenvalue weighted by Gasteiger charge is 2.47. The summed E-state index contributed by atoms with van der Waals surface area (Å²) in [7, 11) is 0. The Hall–Kier alpha value is -2.72. The smallest absolute Gasteiger partial charge is 0.378 e. The molecule has 1 atom stereocenters. The minimum Gasteiger partial charge on any atom is -0.378 e. The molecule has 30 heavy (non-hydrogen) atoms. The summed E-state index contributed by atoms with van der Waals surface area (Å²) in [6.07, 6.45) is -6.62. The van der Waals surface area contributed by atoms with Crippen LogP contribution >= 0.6 is 0 Å². The van der Waals surface area contributed by atoms with E-state index in [1.165, 1.54) is 4.57 Å². The van der Waals surface area contributed by atoms with Crippen molar-refractivity contribution in [3.8, 4) is 11.4 Å². The third-order valence-electron chi connectivity index (χ3n) is 5.32. The lowest BCUT2D eigenvalue weighted by molar-refractivity contribution is -0.233. The van der Waals surface area contributed by atoms with Crippen LogP contribution in [0.25, 0.3) is 22.6 Å². The van der Waals surface area contributed by atoms with E-state index in [9.17, 15) is 13.2 Å². The highest BCUT2D eigenvalue weighted by Crippen LogP contribution is 2.40. The number of fused-ring (bicyclic) bond motifs is 3. The molecule has 0 saturated carbocycles. The molecule has 1 saturated heterocycles. The summed E-state index contributed by atoms with van der Waals surface area (Å²) in [5, 5.41) is 0. The molecular formula is C20H20F3N5O2. The van der Waals surface area contributed by atoms with Gasteiger partial charge < -0.3 is 18.9 Å². The fourth-order valence-corrected chi connectivity index (χ4v) is 3.91. The van der Waals surface area contributed by atoms with Crippen molar-refractivity contribution in [2.75, 3.05) is 37.8 Å². The molecule has 158 valence electrons. The van der Waals surface area contributed by atoms with Crippen LogP contribution in [0.3, 0.4) is 0 Å². The molecule has 2 aliphatic heterocycles. The number of halogens is 3. The third kappa shape index (κ3) is 3.29. The van der Waals surface area contributed by atoms with E-state index in [0.29, 0.717) is 49.1 Å². The van der Waals surface area contributed by atoms with Gasteiger partial charge in [0, 0.05) is 25.2 Å². The number of hydrogen-bond donors (Lipinski definition) is 0. The van der Waals surface area contributed by atoms with Crippen LogP contribution in [0, 0.1) is 6.92 Å². The summed E-state index contributed by atoms with van der Waals surface area (Å²) in [5.74, 6) is 0.821. The number of morpholine rings is 1. The van der Waals surface area contributed by atoms with E-state index in [0.717, 1.165) is 11.1 Å². The van der Waals surface area contributed by atoms with E-state index in [-0.39, 0.29) is 19.0 Å². The second kappa shape index (κ2) is 7.21. The van der Waals surface area contributed by atoms with E-state index < -0.39 is 12.3 Å². The molecule has 4 heterocycles. The van der Waals surface area contributed by atoms with Gasteiger partial charge in [0.05, 0.1) is 19.8 Å². The van der Waals surface area contributed by atoms with Crippen molar-refractivity contribution in [2.24, 2.45) is 0 Å². The summed E-state index contributed by atoms with van der Waals surface area (Å²) in [6.45, 7) is 4.38. The molecule has 1 unspecified atom stereocenters. The van der Waals surface area contributed by atoms with E-state index in [4.69, 9.17) is 14.5 Å². The van der Waals surface area contributed by atoms with Crippen LogP contribution in [0.4, 0.5) is 19.0 Å². The van der Waals surface area contributed by atoms with Gasteiger partial charge in [-0.3, -0.25) is 0 Å². The second-order valence-corrected chi connectivity index (χ2v) is 7.43. The van der Waals surface area contributed by atoms with Crippen molar-refractivity contribution in [2.45, 2.75) is 25.7 Å². The zero-order valence-electron chi connectivity index (χ0n) is 16.3. The first kappa shape index (κ1) is 19.3. The normalized spacial score (nSPS) is 19.9. The van der Waals surface area contributed by atoms with Gasteiger partial charge in [-0.15, -0.1) is 0 Å². The molecule has 5 rings (SSSR count). The summed E-state index contributed by atoms with van der Waals surface area (Å²) < 4.78 is 52.6. The van der Waals surface area contributed by atoms with Crippen LogP contribution in [0.2, 0.25) is 0 Å². The molecule has 0 spiro atoms. The maximum atomic E-state index is 13.6. The van der Waals surface area contributed by atoms with E-state index in [1.54, 1.807) is 0 Å². The Morgan fingerprint density at radius 2 is 1.83 bits per heavy atom. The van der Waals surface area contributed by atoms with Gasteiger partial charge in [-0.25, -0.2) is 15.0 Å². The molecule has 0 aliphatic carbocycles. The van der Waals surface area contributed by atoms with E-state index >= 15 is 0 Å². The maximum Gasteiger partial charge on any atom is 0.421 e. The molecule has 2 aromatic heterocycles. The number of aryl methyl sites for hydroxylation is 1. The van der Waals surface area contributed by atoms with Crippen molar-refractivity contribution in [3.63, 3.8) is 0 Å². The number of alkyl halides is 3. The largest absolute Gasteiger partial charge is 0.421 e. The van der Waals surface area contributed by atoms with Crippen LogP contribution in [-0.4, -0.2) is 58.6 Å². The number of nitrogens with zero attached hydrogens (tertiary/aromatic N) is 5. The molecule has 7 nitrogen and oxygen atoms in total. The van der Waals surface area contributed by atoms with E-state index in [1.807, 2.05) is 36.1 Å². The first-order valence-corrected chi connectivity index (χ1v) is 9.78. The number of hydrogen-bond acceptors (Lipinski definition) is 6. The Morgan fingerprint density at radius 1 is 1.03 bits per heavy atom. The van der Waals surface area contributed by atoms with Crippen molar-refractivity contribution in [1.82, 2.24) is 19.5 Å². The Labute approximate surface area is 170 Å². The predicted octanol–water partition coefficient (Wildman–Crippen LogP) is 3.27. The lowest BCUT2D eigenvalue weighted by Crippen LogP contribution is -2.37. The minimum absolute atomic E-state index is 0.0562. The SMILES string of the molecule is Cc1cccc(-c2nc(N3CCOCC3)c3nc4n(c3n2)CCOC4C(F)(F)F)c1. The lowest BCUT2D eigenvalue weighted by atomic mass is 10.1. The summed E-state index contributed by atoms with van der Waals surface area (Å²) in [6, 6.07) is 7.73. The Kier molecular flexibility index (Phi) is 4.62. The number of anilines is 1. The quantitative estimate of drug-likeness (QED) is 0.635. The lowest BCUT2D eigenvalue weighted by Gasteiger charge is -2.28. The van der Waals surface area contributed by atoms with Gasteiger partial charge in [0.15, 0.2) is 22.8 Å². The third-order valence-corrected chi connectivity index (χ3v) is 5.32. The van der Waals surface area contributed by atoms with Crippen molar-refractivity contribution >= 4 is 17.0 Å². The molecular weight excluding hydrogens is 399 g/mol. The zero-order chi connectivity index (χ0) is 20.9. The van der Waals surface area contributed by atoms with Crippen molar-refractivity contribution in [3.05, 3.63) is 35.7 Å². The van der Waals surface area contributed by atoms with Crippen molar-refractivity contribution < 1.29 is 22.6 Å². The van der Waals surface area contributed by atoms with Crippen LogP contribution in [0.5, 0.6) is 0 Å². The highest BCUT2D eigenvalue weighted by molar-refractivity contribution is 5.86. The van der Waals surface area contributed by atoms with Crippen molar-refractivity contribution in [1.29, 1.82) is 0 Å². The summed E-state index contributed by atoms with van der Waals surface area (Å²) in [4.78, 5) is 15.7. The monoisotopic (exact) mass is 419 g/mol. The fourth-order valence-electron chi connectivity index (χ4n) is 3.91. The fraction of sp³-hybridized carbons (Fsp3) is 0.450. The topological polar surface area (TPSA) is 65.3 Å². The molecule has 2 aliphatic rings. The Bertz CT molecular complexity index is 1090. The standard InChI is InChI=1S/C20H20F3N5O2/c1-12-3-2-4-13(11-12)16-25-17(27-5-8-29-9-6-27)14-18(26-16)28-7-10-30-15(19(28)24-14)20(21,22)23/h2-4,11,15H,5-10H2,1H3. The van der Waals surface area contributed by atoms with Gasteiger partial charge in [-0.2, -0.15) is 13.2 Å². The molecule has 3 aromatic rings. The average molecular weight is 419 g/mol. The number of imidazole rings is 1. The Balaban J connectivity index is 1.74. The number of aromatic nitrogens is 4. The van der Waals surface area contributed by atoms with Gasteiger partial charge in [-0.1, -0.05) is 23.8 Å². The first-order valence-electron chi connectivity index (χ1n) is 9.78. The van der Waals surface area contributed by atoms with Gasteiger partial charge in [0.25, 0.3) is 0 Å². The van der Waals surface area contributed by atoms with Crippen LogP contribution in [0.15, 0.2) is 24.3 Å². The van der Waals surface area contributed by atoms with Gasteiger partial charge in [-0.05, 0) is 13.0 Å². The van der Waals surface area contributed by atoms with Gasteiger partial charge >= 0.3 is 6.18 Å². The Morgan fingerprint density at radius 3 is 2.57 bits per heavy atom. The van der Waals surface area contributed by atoms with Gasteiger partial charge in [0.2, 0.25) is 6.10 Å². The minimum atomic E-state index is -4.55. The number of rotatable bonds is 2. The molecule has 1 aromatic carbocycles. The van der Waals surface area contributed by atoms with Crippen LogP contribution in [-0.2, 0) is 16.0 Å².